The second kappa shape index (κ2) is 8.80. The Bertz CT molecular complexity index is 1140. The number of hydrogen-bond acceptors (Lipinski definition) is 7. The van der Waals surface area contributed by atoms with Crippen LogP contribution >= 0.6 is 11.8 Å². The molecule has 0 atom stereocenters. The summed E-state index contributed by atoms with van der Waals surface area (Å²) in [5, 5.41) is 16.8. The first-order valence-corrected chi connectivity index (χ1v) is 11.4. The fourth-order valence-electron chi connectivity index (χ4n) is 2.79. The zero-order chi connectivity index (χ0) is 21.0. The van der Waals surface area contributed by atoms with Crippen LogP contribution in [0.5, 0.6) is 5.75 Å². The van der Waals surface area contributed by atoms with E-state index in [9.17, 15) is 18.5 Å². The second-order valence-corrected chi connectivity index (χ2v) is 8.82. The maximum Gasteiger partial charge on any atom is 0.273 e. The molecule has 0 radical (unpaired) electrons. The lowest BCUT2D eigenvalue weighted by atomic mass is 10.3. The number of nitro groups is 1. The predicted molar refractivity (Wildman–Crippen MR) is 111 cm³/mol. The molecule has 154 valence electrons. The van der Waals surface area contributed by atoms with E-state index in [0.717, 1.165) is 23.6 Å². The van der Waals surface area contributed by atoms with Gasteiger partial charge in [-0.05, 0) is 30.7 Å². The molecule has 1 heterocycles. The monoisotopic (exact) mass is 436 g/mol. The molecule has 11 heteroatoms. The second-order valence-electron chi connectivity index (χ2n) is 6.19. The van der Waals surface area contributed by atoms with Crippen LogP contribution in [0.25, 0.3) is 11.0 Å². The zero-order valence-corrected chi connectivity index (χ0v) is 17.3. The molecule has 0 saturated heterocycles. The molecule has 3 rings (SSSR count). The number of aryl methyl sites for hydroxylation is 1. The Morgan fingerprint density at radius 2 is 2.07 bits per heavy atom. The lowest BCUT2D eigenvalue weighted by molar-refractivity contribution is -0.384. The number of fused-ring (bicyclic) bond motifs is 1. The fourth-order valence-corrected chi connectivity index (χ4v) is 4.18. The Morgan fingerprint density at radius 3 is 2.76 bits per heavy atom. The summed E-state index contributed by atoms with van der Waals surface area (Å²) in [5.41, 5.74) is 1.37. The molecule has 0 bridgehead atoms. The highest BCUT2D eigenvalue weighted by atomic mass is 32.2. The van der Waals surface area contributed by atoms with Gasteiger partial charge in [0.05, 0.1) is 33.5 Å². The molecule has 0 aliphatic heterocycles. The predicted octanol–water partition coefficient (Wildman–Crippen LogP) is 3.17. The Morgan fingerprint density at radius 1 is 1.28 bits per heavy atom. The van der Waals surface area contributed by atoms with Gasteiger partial charge in [-0.15, -0.1) is 0 Å². The number of nitro benzene ring substituents is 1. The fraction of sp³-hybridized carbons (Fsp3) is 0.278. The number of non-ortho nitro benzene ring substituents is 1. The van der Waals surface area contributed by atoms with Crippen LogP contribution in [-0.4, -0.2) is 35.3 Å². The number of sulfonamides is 1. The van der Waals surface area contributed by atoms with E-state index in [2.05, 4.69) is 4.98 Å². The van der Waals surface area contributed by atoms with Gasteiger partial charge in [0.25, 0.3) is 5.69 Å². The molecule has 0 aliphatic carbocycles. The lowest BCUT2D eigenvalue weighted by Crippen LogP contribution is -2.11. The van der Waals surface area contributed by atoms with Crippen molar-refractivity contribution in [2.24, 2.45) is 5.14 Å². The summed E-state index contributed by atoms with van der Waals surface area (Å²) in [4.78, 5) is 14.9. The summed E-state index contributed by atoms with van der Waals surface area (Å²) in [6, 6.07) is 10.7. The Hall–Kier alpha value is -2.63. The third kappa shape index (κ3) is 5.05. The summed E-state index contributed by atoms with van der Waals surface area (Å²) in [6.45, 7) is 3.12. The van der Waals surface area contributed by atoms with Crippen molar-refractivity contribution in [3.8, 4) is 5.75 Å². The van der Waals surface area contributed by atoms with Crippen molar-refractivity contribution in [2.45, 2.75) is 29.9 Å². The number of ether oxygens (including phenoxy) is 1. The first-order chi connectivity index (χ1) is 13.8. The Labute approximate surface area is 172 Å². The highest BCUT2D eigenvalue weighted by Crippen LogP contribution is 2.27. The largest absolute Gasteiger partial charge is 0.492 e. The molecule has 0 aliphatic rings. The first-order valence-electron chi connectivity index (χ1n) is 8.82. The molecule has 0 spiro atoms. The summed E-state index contributed by atoms with van der Waals surface area (Å²) in [6.07, 6.45) is 0.889. The standard InChI is InChI=1S/C18H20N4O5S2/c1-2-8-21-17-7-6-15(29(19,25)26)12-16(17)20-18(21)28-10-9-27-14-5-3-4-13(11-14)22(23)24/h3-7,11-12H,2,8-10H2,1H3,(H2,19,25,26). The number of imidazole rings is 1. The molecule has 3 aromatic rings. The number of thioether (sulfide) groups is 1. The topological polar surface area (TPSA) is 130 Å². The summed E-state index contributed by atoms with van der Waals surface area (Å²) < 4.78 is 30.8. The molecule has 9 nitrogen and oxygen atoms in total. The molecule has 0 saturated carbocycles. The van der Waals surface area contributed by atoms with Crippen LogP contribution < -0.4 is 9.88 Å². The molecular formula is C18H20N4O5S2. The van der Waals surface area contributed by atoms with Crippen molar-refractivity contribution >= 4 is 38.5 Å². The normalized spacial score (nSPS) is 11.7. The van der Waals surface area contributed by atoms with Gasteiger partial charge in [0.2, 0.25) is 10.0 Å². The molecular weight excluding hydrogens is 416 g/mol. The van der Waals surface area contributed by atoms with Gasteiger partial charge in [-0.2, -0.15) is 0 Å². The van der Waals surface area contributed by atoms with Crippen LogP contribution in [0.3, 0.4) is 0 Å². The Kier molecular flexibility index (Phi) is 6.40. The molecule has 0 amide bonds. The van der Waals surface area contributed by atoms with Crippen LogP contribution in [0, 0.1) is 10.1 Å². The number of rotatable bonds is 9. The average molecular weight is 437 g/mol. The van der Waals surface area contributed by atoms with Crippen LogP contribution in [0.15, 0.2) is 52.5 Å². The minimum Gasteiger partial charge on any atom is -0.492 e. The van der Waals surface area contributed by atoms with Gasteiger partial charge in [0.1, 0.15) is 5.75 Å². The van der Waals surface area contributed by atoms with Gasteiger partial charge in [-0.1, -0.05) is 24.8 Å². The smallest absolute Gasteiger partial charge is 0.273 e. The van der Waals surface area contributed by atoms with E-state index < -0.39 is 14.9 Å². The summed E-state index contributed by atoms with van der Waals surface area (Å²) in [7, 11) is -3.80. The van der Waals surface area contributed by atoms with Crippen LogP contribution in [0.1, 0.15) is 13.3 Å². The third-order valence-electron chi connectivity index (χ3n) is 4.07. The van der Waals surface area contributed by atoms with Crippen molar-refractivity contribution in [3.05, 3.63) is 52.6 Å². The van der Waals surface area contributed by atoms with Crippen LogP contribution in [0.2, 0.25) is 0 Å². The van der Waals surface area contributed by atoms with Crippen molar-refractivity contribution in [1.29, 1.82) is 0 Å². The van der Waals surface area contributed by atoms with Crippen molar-refractivity contribution in [3.63, 3.8) is 0 Å². The Balaban J connectivity index is 1.72. The SMILES string of the molecule is CCCn1c(SCCOc2cccc([N+](=O)[O-])c2)nc2cc(S(N)(=O)=O)ccc21. The molecule has 0 fully saturated rings. The van der Waals surface area contributed by atoms with E-state index in [-0.39, 0.29) is 10.6 Å². The minimum atomic E-state index is -3.80. The van der Waals surface area contributed by atoms with Gasteiger partial charge in [0.15, 0.2) is 5.16 Å². The van der Waals surface area contributed by atoms with Gasteiger partial charge < -0.3 is 9.30 Å². The number of aromatic nitrogens is 2. The molecule has 29 heavy (non-hydrogen) atoms. The first kappa shape index (κ1) is 21.1. The van der Waals surface area contributed by atoms with E-state index in [1.54, 1.807) is 18.2 Å². The summed E-state index contributed by atoms with van der Waals surface area (Å²) >= 11 is 1.47. The lowest BCUT2D eigenvalue weighted by Gasteiger charge is -2.08. The molecule has 2 aromatic carbocycles. The van der Waals surface area contributed by atoms with Crippen LogP contribution in [0.4, 0.5) is 5.69 Å². The van der Waals surface area contributed by atoms with Gasteiger partial charge in [-0.25, -0.2) is 18.5 Å². The average Bonchev–Trinajstić information content (AvgIpc) is 3.02. The van der Waals surface area contributed by atoms with Crippen molar-refractivity contribution in [1.82, 2.24) is 9.55 Å². The van der Waals surface area contributed by atoms with E-state index in [1.807, 2.05) is 11.5 Å². The van der Waals surface area contributed by atoms with Gasteiger partial charge in [0, 0.05) is 18.4 Å². The van der Waals surface area contributed by atoms with E-state index in [1.165, 1.54) is 36.0 Å². The molecule has 1 aromatic heterocycles. The number of nitrogens with two attached hydrogens (primary N) is 1. The summed E-state index contributed by atoms with van der Waals surface area (Å²) in [5.74, 6) is 0.997. The number of hydrogen-bond donors (Lipinski definition) is 1. The van der Waals surface area contributed by atoms with E-state index >= 15 is 0 Å². The molecule has 2 N–H and O–H groups in total. The van der Waals surface area contributed by atoms with E-state index in [0.29, 0.717) is 23.6 Å². The van der Waals surface area contributed by atoms with Crippen molar-refractivity contribution < 1.29 is 18.1 Å². The van der Waals surface area contributed by atoms with Gasteiger partial charge >= 0.3 is 0 Å². The van der Waals surface area contributed by atoms with E-state index in [4.69, 9.17) is 9.88 Å². The van der Waals surface area contributed by atoms with Gasteiger partial charge in [-0.3, -0.25) is 10.1 Å². The number of benzene rings is 2. The highest BCUT2D eigenvalue weighted by Gasteiger charge is 2.15. The maximum absolute atomic E-state index is 11.6. The van der Waals surface area contributed by atoms with Crippen LogP contribution in [-0.2, 0) is 16.6 Å². The maximum atomic E-state index is 11.6. The highest BCUT2D eigenvalue weighted by molar-refractivity contribution is 7.99. The number of primary sulfonamides is 1. The third-order valence-corrected chi connectivity index (χ3v) is 5.92. The van der Waals surface area contributed by atoms with Crippen molar-refractivity contribution in [2.75, 3.05) is 12.4 Å². The molecule has 0 unspecified atom stereocenters. The quantitative estimate of drug-likeness (QED) is 0.236. The minimum absolute atomic E-state index is 0.0226. The zero-order valence-electron chi connectivity index (χ0n) is 15.6. The number of nitrogens with zero attached hydrogens (tertiary/aromatic N) is 3.